The number of ether oxygens (including phenoxy) is 1. The van der Waals surface area contributed by atoms with Crippen LogP contribution in [0.2, 0.25) is 0 Å². The molecule has 1 fully saturated rings. The van der Waals surface area contributed by atoms with Gasteiger partial charge in [0.25, 0.3) is 5.91 Å². The Bertz CT molecular complexity index is 399. The zero-order valence-electron chi connectivity index (χ0n) is 10.8. The number of carbonyl (C=O) groups is 1. The van der Waals surface area contributed by atoms with Crippen molar-refractivity contribution in [3.05, 3.63) is 12.4 Å². The second kappa shape index (κ2) is 5.97. The first-order chi connectivity index (χ1) is 8.65. The Kier molecular flexibility index (Phi) is 4.33. The first kappa shape index (κ1) is 13.0. The van der Waals surface area contributed by atoms with Crippen molar-refractivity contribution in [2.75, 3.05) is 25.0 Å². The molecule has 0 radical (unpaired) electrons. The van der Waals surface area contributed by atoms with Crippen LogP contribution in [0.15, 0.2) is 12.4 Å². The second-order valence-electron chi connectivity index (χ2n) is 4.94. The van der Waals surface area contributed by atoms with Gasteiger partial charge in [0.2, 0.25) is 5.95 Å². The van der Waals surface area contributed by atoms with Crippen LogP contribution in [0, 0.1) is 5.92 Å². The van der Waals surface area contributed by atoms with E-state index in [-0.39, 0.29) is 18.6 Å². The van der Waals surface area contributed by atoms with E-state index in [1.165, 1.54) is 0 Å². The van der Waals surface area contributed by atoms with Crippen molar-refractivity contribution in [2.24, 2.45) is 5.92 Å². The number of aromatic nitrogens is 2. The predicted molar refractivity (Wildman–Crippen MR) is 68.3 cm³/mol. The third-order valence-electron chi connectivity index (χ3n) is 2.72. The van der Waals surface area contributed by atoms with Gasteiger partial charge < -0.3 is 14.6 Å². The van der Waals surface area contributed by atoms with Crippen LogP contribution in [-0.2, 0) is 16.1 Å². The Balaban J connectivity index is 1.80. The number of hydrogen-bond donors (Lipinski definition) is 2. The Hall–Kier alpha value is -1.40. The van der Waals surface area contributed by atoms with Gasteiger partial charge in [-0.25, -0.2) is 4.98 Å². The SMILES string of the molecule is CC(C)Cn1ccnc1NC(=O)COC1CNC1. The molecular formula is C12H20N4O2. The van der Waals surface area contributed by atoms with Crippen LogP contribution < -0.4 is 10.6 Å². The maximum absolute atomic E-state index is 11.7. The minimum absolute atomic E-state index is 0.0842. The number of carbonyl (C=O) groups excluding carboxylic acids is 1. The Morgan fingerprint density at radius 2 is 2.44 bits per heavy atom. The molecule has 1 aromatic rings. The summed E-state index contributed by atoms with van der Waals surface area (Å²) in [6.07, 6.45) is 3.73. The summed E-state index contributed by atoms with van der Waals surface area (Å²) < 4.78 is 7.34. The summed E-state index contributed by atoms with van der Waals surface area (Å²) in [6, 6.07) is 0. The molecule has 0 unspecified atom stereocenters. The molecule has 1 aliphatic heterocycles. The highest BCUT2D eigenvalue weighted by atomic mass is 16.5. The van der Waals surface area contributed by atoms with Gasteiger partial charge in [0.05, 0.1) is 6.10 Å². The number of anilines is 1. The lowest BCUT2D eigenvalue weighted by atomic mass is 10.2. The van der Waals surface area contributed by atoms with E-state index in [1.54, 1.807) is 6.20 Å². The molecular weight excluding hydrogens is 232 g/mol. The van der Waals surface area contributed by atoms with Crippen molar-refractivity contribution in [1.82, 2.24) is 14.9 Å². The van der Waals surface area contributed by atoms with E-state index >= 15 is 0 Å². The highest BCUT2D eigenvalue weighted by molar-refractivity contribution is 5.90. The number of hydrogen-bond acceptors (Lipinski definition) is 4. The summed E-state index contributed by atoms with van der Waals surface area (Å²) in [5.74, 6) is 0.939. The molecule has 1 amide bonds. The molecule has 1 saturated heterocycles. The third-order valence-corrected chi connectivity index (χ3v) is 2.72. The molecule has 0 spiro atoms. The number of nitrogens with zero attached hydrogens (tertiary/aromatic N) is 2. The lowest BCUT2D eigenvalue weighted by Gasteiger charge is -2.26. The molecule has 1 aliphatic rings. The maximum atomic E-state index is 11.7. The predicted octanol–water partition coefficient (Wildman–Crippen LogP) is 0.466. The average molecular weight is 252 g/mol. The zero-order chi connectivity index (χ0) is 13.0. The van der Waals surface area contributed by atoms with E-state index in [2.05, 4.69) is 29.5 Å². The fraction of sp³-hybridized carbons (Fsp3) is 0.667. The first-order valence-electron chi connectivity index (χ1n) is 6.28. The molecule has 0 saturated carbocycles. The molecule has 0 bridgehead atoms. The van der Waals surface area contributed by atoms with E-state index in [4.69, 9.17) is 4.74 Å². The average Bonchev–Trinajstić information content (AvgIpc) is 2.62. The standard InChI is InChI=1S/C12H20N4O2/c1-9(2)7-16-4-3-14-12(16)15-11(17)8-18-10-5-13-6-10/h3-4,9-10,13H,5-8H2,1-2H3,(H,14,15,17). The van der Waals surface area contributed by atoms with Crippen molar-refractivity contribution in [3.8, 4) is 0 Å². The van der Waals surface area contributed by atoms with E-state index in [0.717, 1.165) is 19.6 Å². The molecule has 2 rings (SSSR count). The topological polar surface area (TPSA) is 68.2 Å². The van der Waals surface area contributed by atoms with E-state index in [9.17, 15) is 4.79 Å². The summed E-state index contributed by atoms with van der Waals surface area (Å²) in [7, 11) is 0. The minimum Gasteiger partial charge on any atom is -0.366 e. The van der Waals surface area contributed by atoms with Crippen molar-refractivity contribution >= 4 is 11.9 Å². The fourth-order valence-corrected chi connectivity index (χ4v) is 1.71. The number of amides is 1. The van der Waals surface area contributed by atoms with Gasteiger partial charge in [-0.1, -0.05) is 13.8 Å². The fourth-order valence-electron chi connectivity index (χ4n) is 1.71. The van der Waals surface area contributed by atoms with Crippen LogP contribution >= 0.6 is 0 Å². The molecule has 6 heteroatoms. The summed E-state index contributed by atoms with van der Waals surface area (Å²) >= 11 is 0. The number of imidazole rings is 1. The Morgan fingerprint density at radius 3 is 3.06 bits per heavy atom. The monoisotopic (exact) mass is 252 g/mol. The van der Waals surface area contributed by atoms with Gasteiger partial charge in [0.15, 0.2) is 0 Å². The molecule has 1 aromatic heterocycles. The number of nitrogens with one attached hydrogen (secondary N) is 2. The van der Waals surface area contributed by atoms with Gasteiger partial charge in [-0.05, 0) is 5.92 Å². The first-order valence-corrected chi connectivity index (χ1v) is 6.28. The van der Waals surface area contributed by atoms with Gasteiger partial charge in [-0.2, -0.15) is 0 Å². The van der Waals surface area contributed by atoms with Gasteiger partial charge in [-0.15, -0.1) is 0 Å². The van der Waals surface area contributed by atoms with Crippen LogP contribution in [0.25, 0.3) is 0 Å². The Morgan fingerprint density at radius 1 is 1.67 bits per heavy atom. The molecule has 0 aromatic carbocycles. The van der Waals surface area contributed by atoms with E-state index in [1.807, 2.05) is 10.8 Å². The summed E-state index contributed by atoms with van der Waals surface area (Å²) in [6.45, 7) is 6.82. The molecule has 2 N–H and O–H groups in total. The van der Waals surface area contributed by atoms with Crippen LogP contribution in [-0.4, -0.2) is 41.3 Å². The highest BCUT2D eigenvalue weighted by Gasteiger charge is 2.18. The molecule has 0 atom stereocenters. The van der Waals surface area contributed by atoms with Gasteiger partial charge in [-0.3, -0.25) is 10.1 Å². The van der Waals surface area contributed by atoms with Crippen molar-refractivity contribution < 1.29 is 9.53 Å². The Labute approximate surface area is 107 Å². The van der Waals surface area contributed by atoms with Gasteiger partial charge in [0, 0.05) is 32.0 Å². The van der Waals surface area contributed by atoms with E-state index < -0.39 is 0 Å². The molecule has 100 valence electrons. The molecule has 18 heavy (non-hydrogen) atoms. The van der Waals surface area contributed by atoms with Crippen LogP contribution in [0.4, 0.5) is 5.95 Å². The lowest BCUT2D eigenvalue weighted by Crippen LogP contribution is -2.49. The second-order valence-corrected chi connectivity index (χ2v) is 4.94. The zero-order valence-corrected chi connectivity index (χ0v) is 10.8. The smallest absolute Gasteiger partial charge is 0.252 e. The molecule has 2 heterocycles. The lowest BCUT2D eigenvalue weighted by molar-refractivity contribution is -0.123. The van der Waals surface area contributed by atoms with E-state index in [0.29, 0.717) is 11.9 Å². The minimum atomic E-state index is -0.155. The molecule has 6 nitrogen and oxygen atoms in total. The summed E-state index contributed by atoms with van der Waals surface area (Å²) in [4.78, 5) is 15.8. The van der Waals surface area contributed by atoms with Gasteiger partial charge >= 0.3 is 0 Å². The largest absolute Gasteiger partial charge is 0.366 e. The quantitative estimate of drug-likeness (QED) is 0.772. The van der Waals surface area contributed by atoms with Crippen LogP contribution in [0.1, 0.15) is 13.8 Å². The number of rotatable bonds is 6. The normalized spacial score (nSPS) is 15.7. The van der Waals surface area contributed by atoms with Crippen LogP contribution in [0.5, 0.6) is 0 Å². The van der Waals surface area contributed by atoms with Crippen molar-refractivity contribution in [3.63, 3.8) is 0 Å². The molecule has 0 aliphatic carbocycles. The highest BCUT2D eigenvalue weighted by Crippen LogP contribution is 2.08. The third kappa shape index (κ3) is 3.54. The van der Waals surface area contributed by atoms with Crippen LogP contribution in [0.3, 0.4) is 0 Å². The summed E-state index contributed by atoms with van der Waals surface area (Å²) in [5.41, 5.74) is 0. The maximum Gasteiger partial charge on any atom is 0.252 e. The van der Waals surface area contributed by atoms with Crippen molar-refractivity contribution in [2.45, 2.75) is 26.5 Å². The summed E-state index contributed by atoms with van der Waals surface area (Å²) in [5, 5.41) is 5.85. The van der Waals surface area contributed by atoms with Crippen molar-refractivity contribution in [1.29, 1.82) is 0 Å². The van der Waals surface area contributed by atoms with Gasteiger partial charge in [0.1, 0.15) is 6.61 Å².